The highest BCUT2D eigenvalue weighted by molar-refractivity contribution is 6.39. The number of nitrogens with zero attached hydrogens (tertiary/aromatic N) is 1. The van der Waals surface area contributed by atoms with Crippen LogP contribution in [0.25, 0.3) is 0 Å². The van der Waals surface area contributed by atoms with Crippen molar-refractivity contribution >= 4 is 23.2 Å². The van der Waals surface area contributed by atoms with Crippen LogP contribution in [0.3, 0.4) is 0 Å². The fourth-order valence-corrected chi connectivity index (χ4v) is 3.20. The van der Waals surface area contributed by atoms with Crippen molar-refractivity contribution in [2.75, 3.05) is 12.4 Å². The minimum atomic E-state index is -0.753. The van der Waals surface area contributed by atoms with Crippen LogP contribution >= 0.6 is 0 Å². The standard InChI is InChI=1S/C21H31N3O3/c1-27-19-15-11-14-18(16-19)22-20(25)21(26)24-23-17-12-9-7-5-3-2-4-6-8-10-13-17/h11,14-16H,2-10,12-13H2,1H3,(H,22,25)(H,24,26). The van der Waals surface area contributed by atoms with Gasteiger partial charge in [-0.2, -0.15) is 5.10 Å². The molecule has 0 aliphatic heterocycles. The van der Waals surface area contributed by atoms with Gasteiger partial charge in [-0.25, -0.2) is 5.43 Å². The van der Waals surface area contributed by atoms with Gasteiger partial charge in [0.05, 0.1) is 7.11 Å². The first-order valence-corrected chi connectivity index (χ1v) is 10.00. The van der Waals surface area contributed by atoms with Gasteiger partial charge in [0.2, 0.25) is 0 Å². The van der Waals surface area contributed by atoms with Gasteiger partial charge < -0.3 is 10.1 Å². The molecular weight excluding hydrogens is 342 g/mol. The monoisotopic (exact) mass is 373 g/mol. The van der Waals surface area contributed by atoms with E-state index in [1.54, 1.807) is 31.4 Å². The molecule has 148 valence electrons. The first kappa shape index (κ1) is 20.9. The second-order valence-electron chi connectivity index (χ2n) is 6.99. The zero-order chi connectivity index (χ0) is 19.3. The average Bonchev–Trinajstić information content (AvgIpc) is 2.67. The molecule has 1 saturated carbocycles. The Kier molecular flexibility index (Phi) is 9.38. The number of amides is 2. The molecule has 0 unspecified atom stereocenters. The van der Waals surface area contributed by atoms with Gasteiger partial charge in [-0.1, -0.05) is 51.0 Å². The molecule has 1 aliphatic carbocycles. The van der Waals surface area contributed by atoms with E-state index >= 15 is 0 Å². The van der Waals surface area contributed by atoms with E-state index in [0.717, 1.165) is 31.4 Å². The fraction of sp³-hybridized carbons (Fsp3) is 0.571. The first-order valence-electron chi connectivity index (χ1n) is 10.00. The second-order valence-corrected chi connectivity index (χ2v) is 6.99. The molecule has 0 heterocycles. The number of benzene rings is 1. The van der Waals surface area contributed by atoms with Crippen molar-refractivity contribution in [3.05, 3.63) is 24.3 Å². The summed E-state index contributed by atoms with van der Waals surface area (Å²) in [5, 5.41) is 6.80. The van der Waals surface area contributed by atoms with Crippen LogP contribution in [-0.2, 0) is 9.59 Å². The van der Waals surface area contributed by atoms with Crippen molar-refractivity contribution < 1.29 is 14.3 Å². The molecule has 0 aromatic heterocycles. The van der Waals surface area contributed by atoms with Gasteiger partial charge in [-0.15, -0.1) is 0 Å². The lowest BCUT2D eigenvalue weighted by Crippen LogP contribution is -2.33. The predicted octanol–water partition coefficient (Wildman–Crippen LogP) is 4.41. The first-order chi connectivity index (χ1) is 13.2. The van der Waals surface area contributed by atoms with E-state index in [2.05, 4.69) is 15.8 Å². The van der Waals surface area contributed by atoms with Crippen LogP contribution in [0.2, 0.25) is 0 Å². The van der Waals surface area contributed by atoms with Crippen LogP contribution in [0.15, 0.2) is 29.4 Å². The number of methoxy groups -OCH3 is 1. The highest BCUT2D eigenvalue weighted by Gasteiger charge is 2.14. The quantitative estimate of drug-likeness (QED) is 0.608. The summed E-state index contributed by atoms with van der Waals surface area (Å²) in [4.78, 5) is 24.1. The van der Waals surface area contributed by atoms with Gasteiger partial charge in [0.25, 0.3) is 0 Å². The van der Waals surface area contributed by atoms with Crippen molar-refractivity contribution in [3.8, 4) is 5.75 Å². The van der Waals surface area contributed by atoms with E-state index in [-0.39, 0.29) is 0 Å². The lowest BCUT2D eigenvalue weighted by atomic mass is 10.00. The SMILES string of the molecule is COc1cccc(NC(=O)C(=O)NN=C2CCCCCCCCCCC2)c1. The van der Waals surface area contributed by atoms with Crippen LogP contribution in [0, 0.1) is 0 Å². The molecule has 2 rings (SSSR count). The smallest absolute Gasteiger partial charge is 0.329 e. The maximum absolute atomic E-state index is 12.1. The molecule has 0 atom stereocenters. The molecule has 1 aliphatic rings. The molecule has 0 radical (unpaired) electrons. The van der Waals surface area contributed by atoms with Gasteiger partial charge in [0.1, 0.15) is 5.75 Å². The molecule has 1 fully saturated rings. The highest BCUT2D eigenvalue weighted by atomic mass is 16.5. The van der Waals surface area contributed by atoms with Crippen LogP contribution in [-0.4, -0.2) is 24.6 Å². The summed E-state index contributed by atoms with van der Waals surface area (Å²) in [6, 6.07) is 6.87. The van der Waals surface area contributed by atoms with Crippen molar-refractivity contribution in [1.82, 2.24) is 5.43 Å². The van der Waals surface area contributed by atoms with Gasteiger partial charge in [-0.05, 0) is 37.8 Å². The number of hydrogen-bond donors (Lipinski definition) is 2. The molecule has 6 nitrogen and oxygen atoms in total. The maximum Gasteiger partial charge on any atom is 0.329 e. The number of ether oxygens (including phenoxy) is 1. The summed E-state index contributed by atoms with van der Waals surface area (Å²) in [6.07, 6.45) is 12.9. The van der Waals surface area contributed by atoms with Gasteiger partial charge in [-0.3, -0.25) is 9.59 Å². The van der Waals surface area contributed by atoms with E-state index in [1.165, 1.54) is 44.9 Å². The Bertz CT molecular complexity index is 629. The number of hydrogen-bond acceptors (Lipinski definition) is 4. The minimum Gasteiger partial charge on any atom is -0.497 e. The Labute approximate surface area is 161 Å². The lowest BCUT2D eigenvalue weighted by Gasteiger charge is -2.10. The predicted molar refractivity (Wildman–Crippen MR) is 108 cm³/mol. The summed E-state index contributed by atoms with van der Waals surface area (Å²) in [5.74, 6) is -0.876. The maximum atomic E-state index is 12.1. The zero-order valence-corrected chi connectivity index (χ0v) is 16.3. The molecule has 2 amide bonds. The van der Waals surface area contributed by atoms with Crippen LogP contribution in [0.5, 0.6) is 5.75 Å². The van der Waals surface area contributed by atoms with Crippen molar-refractivity contribution in [3.63, 3.8) is 0 Å². The van der Waals surface area contributed by atoms with E-state index in [4.69, 9.17) is 4.74 Å². The highest BCUT2D eigenvalue weighted by Crippen LogP contribution is 2.17. The molecule has 0 bridgehead atoms. The van der Waals surface area contributed by atoms with Gasteiger partial charge in [0, 0.05) is 17.5 Å². The largest absolute Gasteiger partial charge is 0.497 e. The average molecular weight is 373 g/mol. The minimum absolute atomic E-state index is 0.508. The van der Waals surface area contributed by atoms with E-state index < -0.39 is 11.8 Å². The Hall–Kier alpha value is -2.37. The van der Waals surface area contributed by atoms with Gasteiger partial charge >= 0.3 is 11.8 Å². The van der Waals surface area contributed by atoms with Crippen molar-refractivity contribution in [2.24, 2.45) is 5.10 Å². The summed E-state index contributed by atoms with van der Waals surface area (Å²) in [6.45, 7) is 0. The van der Waals surface area contributed by atoms with Gasteiger partial charge in [0.15, 0.2) is 0 Å². The van der Waals surface area contributed by atoms with E-state index in [0.29, 0.717) is 11.4 Å². The van der Waals surface area contributed by atoms with Crippen LogP contribution in [0.1, 0.15) is 70.6 Å². The summed E-state index contributed by atoms with van der Waals surface area (Å²) in [7, 11) is 1.55. The molecule has 1 aromatic carbocycles. The third kappa shape index (κ3) is 8.24. The van der Waals surface area contributed by atoms with Crippen LogP contribution in [0.4, 0.5) is 5.69 Å². The molecule has 2 N–H and O–H groups in total. The molecule has 0 saturated heterocycles. The molecule has 6 heteroatoms. The molecule has 1 aromatic rings. The number of carbonyl (C=O) groups excluding carboxylic acids is 2. The zero-order valence-electron chi connectivity index (χ0n) is 16.3. The Morgan fingerprint density at radius 3 is 2.07 bits per heavy atom. The van der Waals surface area contributed by atoms with Crippen molar-refractivity contribution in [1.29, 1.82) is 0 Å². The number of rotatable bonds is 3. The Morgan fingerprint density at radius 2 is 1.48 bits per heavy atom. The third-order valence-corrected chi connectivity index (χ3v) is 4.78. The Morgan fingerprint density at radius 1 is 0.889 bits per heavy atom. The fourth-order valence-electron chi connectivity index (χ4n) is 3.20. The number of nitrogens with one attached hydrogen (secondary N) is 2. The number of hydrazone groups is 1. The summed E-state index contributed by atoms with van der Waals surface area (Å²) in [5.41, 5.74) is 3.91. The normalized spacial score (nSPS) is 16.4. The van der Waals surface area contributed by atoms with Crippen molar-refractivity contribution in [2.45, 2.75) is 70.6 Å². The molecular formula is C21H31N3O3. The van der Waals surface area contributed by atoms with E-state index in [1.807, 2.05) is 0 Å². The second kappa shape index (κ2) is 12.1. The van der Waals surface area contributed by atoms with Crippen LogP contribution < -0.4 is 15.5 Å². The Balaban J connectivity index is 1.86. The van der Waals surface area contributed by atoms with E-state index in [9.17, 15) is 9.59 Å². The molecule has 0 spiro atoms. The summed E-state index contributed by atoms with van der Waals surface area (Å²) >= 11 is 0. The topological polar surface area (TPSA) is 79.8 Å². The molecule has 27 heavy (non-hydrogen) atoms. The number of carbonyl (C=O) groups is 2. The lowest BCUT2D eigenvalue weighted by molar-refractivity contribution is -0.136. The third-order valence-electron chi connectivity index (χ3n) is 4.78. The summed E-state index contributed by atoms with van der Waals surface area (Å²) < 4.78 is 5.11. The number of anilines is 1.